The van der Waals surface area contributed by atoms with Crippen LogP contribution in [-0.4, -0.2) is 49.0 Å². The molecule has 5 heteroatoms. The van der Waals surface area contributed by atoms with E-state index in [9.17, 15) is 0 Å². The Balaban J connectivity index is 1.83. The van der Waals surface area contributed by atoms with Crippen molar-refractivity contribution in [1.29, 1.82) is 5.26 Å². The van der Waals surface area contributed by atoms with Crippen LogP contribution in [0.1, 0.15) is 13.3 Å². The SMILES string of the molecule is CC1CNCCN1C1=C2C=NCC23CC(=CC#N)C=CC3=NC=C1. The molecule has 4 rings (SSSR count). The minimum atomic E-state index is -0.221. The zero-order valence-corrected chi connectivity index (χ0v) is 13.9. The molecule has 1 N–H and O–H groups in total. The molecule has 5 nitrogen and oxygen atoms in total. The summed E-state index contributed by atoms with van der Waals surface area (Å²) in [6, 6.07) is 2.60. The molecular weight excluding hydrogens is 298 g/mol. The van der Waals surface area contributed by atoms with Crippen molar-refractivity contribution >= 4 is 11.9 Å². The van der Waals surface area contributed by atoms with E-state index in [1.165, 1.54) is 11.3 Å². The van der Waals surface area contributed by atoms with Crippen LogP contribution in [0.4, 0.5) is 0 Å². The molecule has 0 aromatic rings. The summed E-state index contributed by atoms with van der Waals surface area (Å²) in [4.78, 5) is 11.8. The maximum Gasteiger partial charge on any atom is 0.0914 e. The van der Waals surface area contributed by atoms with Gasteiger partial charge in [0.1, 0.15) is 0 Å². The third-order valence-electron chi connectivity index (χ3n) is 5.33. The van der Waals surface area contributed by atoms with Gasteiger partial charge in [-0.15, -0.1) is 0 Å². The van der Waals surface area contributed by atoms with E-state index in [-0.39, 0.29) is 5.41 Å². The van der Waals surface area contributed by atoms with E-state index >= 15 is 0 Å². The van der Waals surface area contributed by atoms with Gasteiger partial charge in [-0.25, -0.2) is 0 Å². The van der Waals surface area contributed by atoms with Crippen LogP contribution in [0.5, 0.6) is 0 Å². The Hall–Kier alpha value is -2.45. The van der Waals surface area contributed by atoms with Gasteiger partial charge in [0.05, 0.1) is 23.7 Å². The molecule has 4 aliphatic rings. The Morgan fingerprint density at radius 2 is 2.33 bits per heavy atom. The highest BCUT2D eigenvalue weighted by Gasteiger charge is 2.45. The average Bonchev–Trinajstić information content (AvgIpc) is 2.92. The van der Waals surface area contributed by atoms with Crippen LogP contribution in [0.25, 0.3) is 0 Å². The molecule has 2 unspecified atom stereocenters. The van der Waals surface area contributed by atoms with Gasteiger partial charge in [-0.05, 0) is 31.1 Å². The molecule has 1 saturated heterocycles. The fourth-order valence-electron chi connectivity index (χ4n) is 4.10. The normalized spacial score (nSPS) is 33.2. The second-order valence-electron chi connectivity index (χ2n) is 6.79. The lowest BCUT2D eigenvalue weighted by atomic mass is 9.69. The maximum atomic E-state index is 9.04. The summed E-state index contributed by atoms with van der Waals surface area (Å²) < 4.78 is 0. The van der Waals surface area contributed by atoms with Crippen LogP contribution in [0, 0.1) is 16.7 Å². The van der Waals surface area contributed by atoms with Crippen molar-refractivity contribution in [3.63, 3.8) is 0 Å². The molecule has 2 atom stereocenters. The second-order valence-corrected chi connectivity index (χ2v) is 6.79. The van der Waals surface area contributed by atoms with Gasteiger partial charge in [-0.1, -0.05) is 6.08 Å². The topological polar surface area (TPSA) is 63.8 Å². The molecular formula is C19H21N5. The number of aliphatic imine (C=N–C) groups is 2. The maximum absolute atomic E-state index is 9.04. The first-order chi connectivity index (χ1) is 11.7. The van der Waals surface area contributed by atoms with Crippen LogP contribution in [0.2, 0.25) is 0 Å². The smallest absolute Gasteiger partial charge is 0.0914 e. The van der Waals surface area contributed by atoms with E-state index in [2.05, 4.69) is 40.4 Å². The first kappa shape index (κ1) is 15.1. The second kappa shape index (κ2) is 5.88. The van der Waals surface area contributed by atoms with Gasteiger partial charge in [-0.2, -0.15) is 5.26 Å². The van der Waals surface area contributed by atoms with Crippen LogP contribution >= 0.6 is 0 Å². The van der Waals surface area contributed by atoms with Gasteiger partial charge < -0.3 is 10.2 Å². The molecule has 0 aromatic carbocycles. The molecule has 0 saturated carbocycles. The van der Waals surface area contributed by atoms with Crippen LogP contribution < -0.4 is 5.32 Å². The number of nitrogens with one attached hydrogen (secondary N) is 1. The van der Waals surface area contributed by atoms with Gasteiger partial charge in [0.2, 0.25) is 0 Å². The fourth-order valence-corrected chi connectivity index (χ4v) is 4.10. The van der Waals surface area contributed by atoms with Crippen LogP contribution in [0.3, 0.4) is 0 Å². The molecule has 1 spiro atoms. The number of rotatable bonds is 1. The van der Waals surface area contributed by atoms with Gasteiger partial charge in [0.25, 0.3) is 0 Å². The molecule has 0 bridgehead atoms. The quantitative estimate of drug-likeness (QED) is 0.752. The number of nitrogens with zero attached hydrogens (tertiary/aromatic N) is 4. The van der Waals surface area contributed by atoms with E-state index in [1.807, 2.05) is 18.5 Å². The molecule has 24 heavy (non-hydrogen) atoms. The first-order valence-electron chi connectivity index (χ1n) is 8.48. The number of hydrogen-bond acceptors (Lipinski definition) is 5. The standard InChI is InChI=1S/C19H21N5/c1-14-11-21-8-9-24(14)17-5-7-23-18-3-2-15(4-6-20)10-19(18)13-22-12-16(17)19/h2-5,7,12,14,21H,8-11,13H2,1H3. The van der Waals surface area contributed by atoms with Crippen molar-refractivity contribution in [2.45, 2.75) is 19.4 Å². The van der Waals surface area contributed by atoms with Crippen LogP contribution in [-0.2, 0) is 0 Å². The fraction of sp³-hybridized carbons (Fsp3) is 0.421. The van der Waals surface area contributed by atoms with Crippen molar-refractivity contribution in [3.05, 3.63) is 47.3 Å². The largest absolute Gasteiger partial charge is 0.366 e. The zero-order valence-electron chi connectivity index (χ0n) is 13.9. The lowest BCUT2D eigenvalue weighted by molar-refractivity contribution is 0.226. The molecule has 0 radical (unpaired) electrons. The average molecular weight is 319 g/mol. The van der Waals surface area contributed by atoms with E-state index in [0.717, 1.165) is 37.3 Å². The first-order valence-corrected chi connectivity index (χ1v) is 8.48. The van der Waals surface area contributed by atoms with E-state index in [4.69, 9.17) is 10.3 Å². The van der Waals surface area contributed by atoms with E-state index < -0.39 is 0 Å². The highest BCUT2D eigenvalue weighted by Crippen LogP contribution is 2.45. The molecule has 1 fully saturated rings. The highest BCUT2D eigenvalue weighted by molar-refractivity contribution is 6.10. The Morgan fingerprint density at radius 1 is 1.42 bits per heavy atom. The zero-order chi connectivity index (χ0) is 16.6. The van der Waals surface area contributed by atoms with E-state index in [1.54, 1.807) is 6.08 Å². The molecule has 3 aliphatic heterocycles. The van der Waals surface area contributed by atoms with Crippen LogP contribution in [0.15, 0.2) is 57.3 Å². The summed E-state index contributed by atoms with van der Waals surface area (Å²) in [6.07, 6.45) is 12.6. The van der Waals surface area contributed by atoms with Crippen molar-refractivity contribution in [1.82, 2.24) is 10.2 Å². The summed E-state index contributed by atoms with van der Waals surface area (Å²) >= 11 is 0. The summed E-state index contributed by atoms with van der Waals surface area (Å²) in [5, 5.41) is 12.5. The molecule has 1 aliphatic carbocycles. The van der Waals surface area contributed by atoms with Gasteiger partial charge in [-0.3, -0.25) is 9.98 Å². The van der Waals surface area contributed by atoms with E-state index in [0.29, 0.717) is 12.6 Å². The van der Waals surface area contributed by atoms with Crippen molar-refractivity contribution < 1.29 is 0 Å². The molecule has 3 heterocycles. The predicted molar refractivity (Wildman–Crippen MR) is 95.9 cm³/mol. The highest BCUT2D eigenvalue weighted by atomic mass is 15.2. The molecule has 122 valence electrons. The van der Waals surface area contributed by atoms with Crippen molar-refractivity contribution in [3.8, 4) is 6.07 Å². The lowest BCUT2D eigenvalue weighted by Gasteiger charge is -2.40. The third kappa shape index (κ3) is 2.26. The third-order valence-corrected chi connectivity index (χ3v) is 5.33. The number of allylic oxidation sites excluding steroid dienone is 5. The lowest BCUT2D eigenvalue weighted by Crippen LogP contribution is -2.49. The minimum Gasteiger partial charge on any atom is -0.366 e. The monoisotopic (exact) mass is 319 g/mol. The van der Waals surface area contributed by atoms with Crippen molar-refractivity contribution in [2.75, 3.05) is 26.2 Å². The Labute approximate surface area is 142 Å². The Morgan fingerprint density at radius 3 is 3.17 bits per heavy atom. The molecule has 0 aromatic heterocycles. The van der Waals surface area contributed by atoms with Crippen molar-refractivity contribution in [2.24, 2.45) is 15.4 Å². The number of nitriles is 1. The number of piperazine rings is 1. The van der Waals surface area contributed by atoms with Gasteiger partial charge >= 0.3 is 0 Å². The predicted octanol–water partition coefficient (Wildman–Crippen LogP) is 1.98. The molecule has 0 amide bonds. The van der Waals surface area contributed by atoms with Gasteiger partial charge in [0.15, 0.2) is 0 Å². The summed E-state index contributed by atoms with van der Waals surface area (Å²) in [6.45, 7) is 5.93. The number of hydrogen-bond donors (Lipinski definition) is 1. The summed E-state index contributed by atoms with van der Waals surface area (Å²) in [5.74, 6) is 0. The Bertz CT molecular complexity index is 774. The summed E-state index contributed by atoms with van der Waals surface area (Å²) in [5.41, 5.74) is 4.36. The summed E-state index contributed by atoms with van der Waals surface area (Å²) in [7, 11) is 0. The van der Waals surface area contributed by atoms with Gasteiger partial charge in [0, 0.05) is 55.4 Å². The Kier molecular flexibility index (Phi) is 3.70. The minimum absolute atomic E-state index is 0.221.